The number of aromatic nitrogens is 3. The molecule has 3 rings (SSSR count). The van der Waals surface area contributed by atoms with Crippen LogP contribution in [0.5, 0.6) is 0 Å². The van der Waals surface area contributed by atoms with Crippen molar-refractivity contribution >= 4 is 17.7 Å². The Labute approximate surface area is 131 Å². The topological polar surface area (TPSA) is 87.9 Å². The van der Waals surface area contributed by atoms with Crippen molar-refractivity contribution in [2.24, 2.45) is 7.05 Å². The summed E-state index contributed by atoms with van der Waals surface area (Å²) in [5.41, 5.74) is 1.24. The van der Waals surface area contributed by atoms with Gasteiger partial charge in [0.25, 0.3) is 5.91 Å². The second kappa shape index (κ2) is 5.85. The number of thioether (sulfide) groups is 1. The molecule has 0 spiro atoms. The van der Waals surface area contributed by atoms with Crippen molar-refractivity contribution in [3.63, 3.8) is 0 Å². The number of nitrogens with zero attached hydrogens (tertiary/aromatic N) is 5. The number of carbonyl (C=O) groups is 1. The molecule has 0 radical (unpaired) electrons. The Hall–Kier alpha value is -2.27. The first-order valence-electron chi connectivity index (χ1n) is 6.85. The van der Waals surface area contributed by atoms with Gasteiger partial charge in [-0.15, -0.1) is 0 Å². The number of hydrogen-bond donors (Lipinski definition) is 0. The van der Waals surface area contributed by atoms with Crippen LogP contribution in [0.1, 0.15) is 16.2 Å². The molecular weight excluding hydrogens is 302 g/mol. The molecule has 1 fully saturated rings. The predicted molar refractivity (Wildman–Crippen MR) is 81.2 cm³/mol. The lowest BCUT2D eigenvalue weighted by Gasteiger charge is -2.30. The van der Waals surface area contributed by atoms with Crippen LogP contribution in [0.15, 0.2) is 16.8 Å². The second-order valence-corrected chi connectivity index (χ2v) is 6.20. The molecule has 0 saturated carbocycles. The summed E-state index contributed by atoms with van der Waals surface area (Å²) < 4.78 is 7.29. The minimum Gasteiger partial charge on any atom is -0.431 e. The lowest BCUT2D eigenvalue weighted by molar-refractivity contribution is 0.0705. The molecule has 0 aliphatic carbocycles. The van der Waals surface area contributed by atoms with Crippen LogP contribution >= 0.6 is 11.8 Å². The maximum atomic E-state index is 12.7. The summed E-state index contributed by atoms with van der Waals surface area (Å²) in [5, 5.41) is 13.3. The van der Waals surface area contributed by atoms with E-state index in [9.17, 15) is 10.1 Å². The van der Waals surface area contributed by atoms with Gasteiger partial charge >= 0.3 is 0 Å². The van der Waals surface area contributed by atoms with Crippen LogP contribution in [0, 0.1) is 18.3 Å². The van der Waals surface area contributed by atoms with E-state index in [1.165, 1.54) is 0 Å². The lowest BCUT2D eigenvalue weighted by atomic mass is 10.2. The van der Waals surface area contributed by atoms with Crippen LogP contribution in [0.2, 0.25) is 0 Å². The number of aryl methyl sites for hydroxylation is 2. The predicted octanol–water partition coefficient (Wildman–Crippen LogP) is 1.46. The molecule has 7 nitrogen and oxygen atoms in total. The third-order valence-corrected chi connectivity index (χ3v) is 4.50. The van der Waals surface area contributed by atoms with Crippen molar-refractivity contribution < 1.29 is 9.21 Å². The van der Waals surface area contributed by atoms with Gasteiger partial charge in [-0.2, -0.15) is 22.1 Å². The van der Waals surface area contributed by atoms with E-state index in [1.54, 1.807) is 47.7 Å². The highest BCUT2D eigenvalue weighted by Gasteiger charge is 2.31. The van der Waals surface area contributed by atoms with Gasteiger partial charge in [-0.1, -0.05) is 0 Å². The molecule has 0 aromatic carbocycles. The van der Waals surface area contributed by atoms with Gasteiger partial charge in [0, 0.05) is 31.3 Å². The van der Waals surface area contributed by atoms with E-state index in [1.807, 2.05) is 0 Å². The zero-order valence-electron chi connectivity index (χ0n) is 12.3. The molecule has 0 N–H and O–H groups in total. The van der Waals surface area contributed by atoms with Crippen molar-refractivity contribution in [2.75, 3.05) is 18.1 Å². The van der Waals surface area contributed by atoms with Crippen molar-refractivity contribution in [3.8, 4) is 17.5 Å². The van der Waals surface area contributed by atoms with E-state index in [0.717, 1.165) is 11.3 Å². The first-order chi connectivity index (χ1) is 10.6. The van der Waals surface area contributed by atoms with Crippen LogP contribution in [0.4, 0.5) is 0 Å². The molecule has 22 heavy (non-hydrogen) atoms. The molecule has 0 bridgehead atoms. The van der Waals surface area contributed by atoms with E-state index in [-0.39, 0.29) is 11.7 Å². The van der Waals surface area contributed by atoms with Gasteiger partial charge in [-0.3, -0.25) is 9.48 Å². The fourth-order valence-corrected chi connectivity index (χ4v) is 3.30. The average molecular weight is 317 g/mol. The van der Waals surface area contributed by atoms with Crippen LogP contribution < -0.4 is 0 Å². The molecule has 1 aliphatic heterocycles. The monoisotopic (exact) mass is 317 g/mol. The largest absolute Gasteiger partial charge is 0.431 e. The Kier molecular flexibility index (Phi) is 3.90. The highest BCUT2D eigenvalue weighted by Crippen LogP contribution is 2.24. The van der Waals surface area contributed by atoms with Gasteiger partial charge in [0.05, 0.1) is 23.5 Å². The van der Waals surface area contributed by atoms with E-state index >= 15 is 0 Å². The molecule has 2 aromatic heterocycles. The normalized spacial score (nSPS) is 18.2. The third-order valence-electron chi connectivity index (χ3n) is 3.48. The molecule has 1 aliphatic rings. The van der Waals surface area contributed by atoms with Gasteiger partial charge in [0.2, 0.25) is 11.7 Å². The number of rotatable bonds is 2. The molecule has 8 heteroatoms. The number of amides is 1. The second-order valence-electron chi connectivity index (χ2n) is 5.05. The smallest absolute Gasteiger partial charge is 0.292 e. The Bertz CT molecular complexity index is 745. The van der Waals surface area contributed by atoms with Crippen LogP contribution in [-0.4, -0.2) is 49.7 Å². The molecule has 2 aromatic rings. The summed E-state index contributed by atoms with van der Waals surface area (Å²) in [6, 6.07) is 1.76. The van der Waals surface area contributed by atoms with Crippen LogP contribution in [0.3, 0.4) is 0 Å². The maximum Gasteiger partial charge on any atom is 0.292 e. The van der Waals surface area contributed by atoms with E-state index in [2.05, 4.69) is 16.2 Å². The zero-order chi connectivity index (χ0) is 15.7. The summed E-state index contributed by atoms with van der Waals surface area (Å²) in [7, 11) is 1.80. The van der Waals surface area contributed by atoms with Crippen molar-refractivity contribution in [1.29, 1.82) is 5.26 Å². The average Bonchev–Trinajstić information content (AvgIpc) is 3.12. The Morgan fingerprint density at radius 3 is 3.09 bits per heavy atom. The van der Waals surface area contributed by atoms with Crippen molar-refractivity contribution in [3.05, 3.63) is 23.8 Å². The SMILES string of the molecule is Cc1nc(-c2cnn(C)c2)oc1C(=O)N1CCSCC1C#N. The summed E-state index contributed by atoms with van der Waals surface area (Å²) in [4.78, 5) is 18.5. The van der Waals surface area contributed by atoms with Crippen LogP contribution in [0.25, 0.3) is 11.5 Å². The summed E-state index contributed by atoms with van der Waals surface area (Å²) in [5.74, 6) is 1.75. The van der Waals surface area contributed by atoms with E-state index in [4.69, 9.17) is 4.42 Å². The quantitative estimate of drug-likeness (QED) is 0.833. The summed E-state index contributed by atoms with van der Waals surface area (Å²) >= 11 is 1.68. The Morgan fingerprint density at radius 2 is 2.41 bits per heavy atom. The molecule has 114 valence electrons. The maximum absolute atomic E-state index is 12.7. The standard InChI is InChI=1S/C14H15N5O2S/c1-9-12(14(20)19-3-4-22-8-11(19)5-15)21-13(17-9)10-6-16-18(2)7-10/h6-7,11H,3-4,8H2,1-2H3. The number of nitriles is 1. The van der Waals surface area contributed by atoms with Crippen LogP contribution in [-0.2, 0) is 7.05 Å². The van der Waals surface area contributed by atoms with Gasteiger partial charge in [-0.05, 0) is 6.92 Å². The van der Waals surface area contributed by atoms with E-state index in [0.29, 0.717) is 23.9 Å². The Morgan fingerprint density at radius 1 is 1.59 bits per heavy atom. The fourth-order valence-electron chi connectivity index (χ4n) is 2.33. The van der Waals surface area contributed by atoms with Gasteiger partial charge in [-0.25, -0.2) is 4.98 Å². The first kappa shape index (κ1) is 14.7. The molecule has 3 heterocycles. The van der Waals surface area contributed by atoms with Gasteiger partial charge in [0.1, 0.15) is 6.04 Å². The molecule has 1 saturated heterocycles. The van der Waals surface area contributed by atoms with Gasteiger partial charge in [0.15, 0.2) is 0 Å². The molecule has 1 unspecified atom stereocenters. The fraction of sp³-hybridized carbons (Fsp3) is 0.429. The Balaban J connectivity index is 1.90. The number of hydrogen-bond acceptors (Lipinski definition) is 6. The zero-order valence-corrected chi connectivity index (χ0v) is 13.1. The summed E-state index contributed by atoms with van der Waals surface area (Å²) in [6.45, 7) is 2.28. The minimum absolute atomic E-state index is 0.200. The molecule has 1 amide bonds. The summed E-state index contributed by atoms with van der Waals surface area (Å²) in [6.07, 6.45) is 3.41. The lowest BCUT2D eigenvalue weighted by Crippen LogP contribution is -2.45. The highest BCUT2D eigenvalue weighted by atomic mass is 32.2. The highest BCUT2D eigenvalue weighted by molar-refractivity contribution is 7.99. The minimum atomic E-state index is -0.419. The first-order valence-corrected chi connectivity index (χ1v) is 8.00. The van der Waals surface area contributed by atoms with E-state index < -0.39 is 6.04 Å². The molecular formula is C14H15N5O2S. The molecule has 1 atom stereocenters. The number of carbonyl (C=O) groups excluding carboxylic acids is 1. The van der Waals surface area contributed by atoms with Crippen molar-refractivity contribution in [1.82, 2.24) is 19.7 Å². The number of oxazole rings is 1. The third kappa shape index (κ3) is 2.60. The van der Waals surface area contributed by atoms with Gasteiger partial charge < -0.3 is 9.32 Å². The van der Waals surface area contributed by atoms with Crippen molar-refractivity contribution in [2.45, 2.75) is 13.0 Å².